The van der Waals surface area contributed by atoms with Crippen molar-refractivity contribution < 1.29 is 14.3 Å². The van der Waals surface area contributed by atoms with Gasteiger partial charge in [-0.25, -0.2) is 0 Å². The fraction of sp³-hybridized carbons (Fsp3) is 0.381. The average molecular weight is 341 g/mol. The largest absolute Gasteiger partial charge is 0.494 e. The van der Waals surface area contributed by atoms with Gasteiger partial charge in [-0.3, -0.25) is 4.79 Å². The fourth-order valence-electron chi connectivity index (χ4n) is 2.51. The lowest BCUT2D eigenvalue weighted by atomic mass is 10.1. The van der Waals surface area contributed by atoms with E-state index in [1.165, 1.54) is 0 Å². The van der Waals surface area contributed by atoms with Crippen LogP contribution in [0.15, 0.2) is 42.5 Å². The molecule has 0 saturated heterocycles. The molecule has 4 nitrogen and oxygen atoms in total. The number of benzene rings is 2. The molecule has 0 saturated carbocycles. The highest BCUT2D eigenvalue weighted by atomic mass is 16.5. The van der Waals surface area contributed by atoms with E-state index >= 15 is 0 Å². The zero-order valence-electron chi connectivity index (χ0n) is 15.6. The molecular formula is C21H27NO3. The van der Waals surface area contributed by atoms with Gasteiger partial charge in [0.1, 0.15) is 11.5 Å². The zero-order chi connectivity index (χ0) is 18.4. The first-order valence-corrected chi connectivity index (χ1v) is 8.67. The minimum absolute atomic E-state index is 0.104. The number of hydrogen-bond acceptors (Lipinski definition) is 3. The summed E-state index contributed by atoms with van der Waals surface area (Å²) in [6.07, 6.45) is -0.564. The maximum Gasteiger partial charge on any atom is 0.261 e. The Balaban J connectivity index is 1.96. The predicted molar refractivity (Wildman–Crippen MR) is 100 cm³/mol. The van der Waals surface area contributed by atoms with Crippen molar-refractivity contribution in [3.8, 4) is 11.5 Å². The van der Waals surface area contributed by atoms with E-state index < -0.39 is 6.10 Å². The number of ether oxygens (including phenoxy) is 2. The van der Waals surface area contributed by atoms with Crippen molar-refractivity contribution in [1.29, 1.82) is 0 Å². The van der Waals surface area contributed by atoms with Crippen molar-refractivity contribution in [2.45, 2.75) is 46.8 Å². The van der Waals surface area contributed by atoms with Gasteiger partial charge >= 0.3 is 0 Å². The lowest BCUT2D eigenvalue weighted by Gasteiger charge is -2.20. The molecule has 2 aromatic carbocycles. The maximum atomic E-state index is 12.4. The summed E-state index contributed by atoms with van der Waals surface area (Å²) in [6.45, 7) is 10.3. The van der Waals surface area contributed by atoms with Gasteiger partial charge in [0, 0.05) is 0 Å². The van der Waals surface area contributed by atoms with Crippen LogP contribution < -0.4 is 14.8 Å². The summed E-state index contributed by atoms with van der Waals surface area (Å²) in [5.41, 5.74) is 3.15. The van der Waals surface area contributed by atoms with Crippen LogP contribution >= 0.6 is 0 Å². The first kappa shape index (κ1) is 18.8. The van der Waals surface area contributed by atoms with Crippen LogP contribution in [0.1, 0.15) is 43.5 Å². The molecule has 2 aromatic rings. The number of carbonyl (C=O) groups is 1. The summed E-state index contributed by atoms with van der Waals surface area (Å²) in [4.78, 5) is 12.4. The van der Waals surface area contributed by atoms with E-state index in [0.717, 1.165) is 28.2 Å². The highest BCUT2D eigenvalue weighted by Crippen LogP contribution is 2.21. The molecule has 134 valence electrons. The van der Waals surface area contributed by atoms with Crippen molar-refractivity contribution in [2.75, 3.05) is 6.61 Å². The Kier molecular flexibility index (Phi) is 6.45. The summed E-state index contributed by atoms with van der Waals surface area (Å²) < 4.78 is 11.3. The lowest BCUT2D eigenvalue weighted by Crippen LogP contribution is -2.37. The molecule has 0 spiro atoms. The average Bonchev–Trinajstić information content (AvgIpc) is 2.59. The van der Waals surface area contributed by atoms with Crippen LogP contribution in [0.25, 0.3) is 0 Å². The standard InChI is InChI=1S/C21H27NO3/c1-6-24-19-11-9-18(10-12-19)16(4)22-21(23)17(5)25-20-13-14(2)7-8-15(20)3/h7-13,16-17H,6H2,1-5H3,(H,22,23)/t16-,17+/m0/s1. The topological polar surface area (TPSA) is 47.6 Å². The first-order valence-electron chi connectivity index (χ1n) is 8.67. The van der Waals surface area contributed by atoms with E-state index in [0.29, 0.717) is 6.61 Å². The maximum absolute atomic E-state index is 12.4. The third kappa shape index (κ3) is 5.24. The van der Waals surface area contributed by atoms with Crippen molar-refractivity contribution in [3.63, 3.8) is 0 Å². The number of hydrogen-bond donors (Lipinski definition) is 1. The lowest BCUT2D eigenvalue weighted by molar-refractivity contribution is -0.127. The predicted octanol–water partition coefficient (Wildman–Crippen LogP) is 4.35. The molecule has 0 aliphatic heterocycles. The smallest absolute Gasteiger partial charge is 0.261 e. The highest BCUT2D eigenvalue weighted by Gasteiger charge is 2.18. The van der Waals surface area contributed by atoms with Crippen molar-refractivity contribution in [2.24, 2.45) is 0 Å². The summed E-state index contributed by atoms with van der Waals surface area (Å²) in [5.74, 6) is 1.44. The molecule has 0 unspecified atom stereocenters. The van der Waals surface area contributed by atoms with Crippen LogP contribution in [0.3, 0.4) is 0 Å². The third-order valence-corrected chi connectivity index (χ3v) is 4.07. The first-order chi connectivity index (χ1) is 11.9. The Bertz CT molecular complexity index is 710. The van der Waals surface area contributed by atoms with E-state index in [2.05, 4.69) is 5.32 Å². The number of aryl methyl sites for hydroxylation is 2. The van der Waals surface area contributed by atoms with Crippen molar-refractivity contribution in [3.05, 3.63) is 59.2 Å². The Morgan fingerprint density at radius 1 is 1.08 bits per heavy atom. The van der Waals surface area contributed by atoms with Crippen LogP contribution in [0.2, 0.25) is 0 Å². The molecule has 2 rings (SSSR count). The van der Waals surface area contributed by atoms with E-state index in [-0.39, 0.29) is 11.9 Å². The van der Waals surface area contributed by atoms with Crippen LogP contribution in [0, 0.1) is 13.8 Å². The summed E-state index contributed by atoms with van der Waals surface area (Å²) in [5, 5.41) is 3.00. The van der Waals surface area contributed by atoms with Crippen LogP contribution in [0.4, 0.5) is 0 Å². The van der Waals surface area contributed by atoms with Gasteiger partial charge in [0.25, 0.3) is 5.91 Å². The zero-order valence-corrected chi connectivity index (χ0v) is 15.6. The van der Waals surface area contributed by atoms with Gasteiger partial charge in [0.2, 0.25) is 0 Å². The molecule has 2 atom stereocenters. The van der Waals surface area contributed by atoms with E-state index in [1.54, 1.807) is 6.92 Å². The molecule has 0 bridgehead atoms. The van der Waals surface area contributed by atoms with Gasteiger partial charge in [-0.2, -0.15) is 0 Å². The van der Waals surface area contributed by atoms with Crippen LogP contribution in [0.5, 0.6) is 11.5 Å². The monoisotopic (exact) mass is 341 g/mol. The van der Waals surface area contributed by atoms with Gasteiger partial charge in [-0.05, 0) is 69.5 Å². The molecule has 1 N–H and O–H groups in total. The summed E-state index contributed by atoms with van der Waals surface area (Å²) in [6, 6.07) is 13.6. The van der Waals surface area contributed by atoms with Crippen molar-refractivity contribution >= 4 is 5.91 Å². The van der Waals surface area contributed by atoms with Gasteiger partial charge in [-0.1, -0.05) is 24.3 Å². The second kappa shape index (κ2) is 8.56. The molecule has 0 fully saturated rings. The van der Waals surface area contributed by atoms with E-state index in [1.807, 2.05) is 70.2 Å². The molecule has 0 heterocycles. The Morgan fingerprint density at radius 2 is 1.76 bits per heavy atom. The summed E-state index contributed by atoms with van der Waals surface area (Å²) >= 11 is 0. The number of amides is 1. The molecule has 25 heavy (non-hydrogen) atoms. The van der Waals surface area contributed by atoms with Gasteiger partial charge < -0.3 is 14.8 Å². The Labute approximate surface area is 150 Å². The second-order valence-corrected chi connectivity index (χ2v) is 6.26. The quantitative estimate of drug-likeness (QED) is 0.814. The second-order valence-electron chi connectivity index (χ2n) is 6.26. The third-order valence-electron chi connectivity index (χ3n) is 4.07. The van der Waals surface area contributed by atoms with Gasteiger partial charge in [0.15, 0.2) is 6.10 Å². The highest BCUT2D eigenvalue weighted by molar-refractivity contribution is 5.81. The SMILES string of the molecule is CCOc1ccc([C@H](C)NC(=O)[C@@H](C)Oc2cc(C)ccc2C)cc1. The summed E-state index contributed by atoms with van der Waals surface area (Å²) in [7, 11) is 0. The number of rotatable bonds is 7. The molecule has 0 aliphatic rings. The molecule has 0 aliphatic carbocycles. The molecule has 4 heteroatoms. The van der Waals surface area contributed by atoms with Gasteiger partial charge in [-0.15, -0.1) is 0 Å². The molecule has 0 radical (unpaired) electrons. The minimum atomic E-state index is -0.564. The molecule has 1 amide bonds. The molecule has 0 aromatic heterocycles. The number of nitrogens with one attached hydrogen (secondary N) is 1. The normalized spacial score (nSPS) is 13.0. The minimum Gasteiger partial charge on any atom is -0.494 e. The van der Waals surface area contributed by atoms with Crippen LogP contribution in [-0.2, 0) is 4.79 Å². The Hall–Kier alpha value is -2.49. The van der Waals surface area contributed by atoms with Crippen LogP contribution in [-0.4, -0.2) is 18.6 Å². The van der Waals surface area contributed by atoms with E-state index in [9.17, 15) is 4.79 Å². The fourth-order valence-corrected chi connectivity index (χ4v) is 2.51. The molecular weight excluding hydrogens is 314 g/mol. The Morgan fingerprint density at radius 3 is 2.40 bits per heavy atom. The van der Waals surface area contributed by atoms with E-state index in [4.69, 9.17) is 9.47 Å². The number of carbonyl (C=O) groups excluding carboxylic acids is 1. The van der Waals surface area contributed by atoms with Crippen molar-refractivity contribution in [1.82, 2.24) is 5.32 Å². The van der Waals surface area contributed by atoms with Gasteiger partial charge in [0.05, 0.1) is 12.6 Å².